The number of aromatic amines is 1. The average molecular weight is 224 g/mol. The second kappa shape index (κ2) is 3.55. The van der Waals surface area contributed by atoms with Gasteiger partial charge in [-0.1, -0.05) is 13.8 Å². The van der Waals surface area contributed by atoms with Gasteiger partial charge >= 0.3 is 5.97 Å². The van der Waals surface area contributed by atoms with Crippen LogP contribution in [0.3, 0.4) is 0 Å². The molecule has 0 spiro atoms. The maximum Gasteiger partial charge on any atom is 0.354 e. The van der Waals surface area contributed by atoms with Gasteiger partial charge in [0.15, 0.2) is 17.5 Å². The number of carbonyl (C=O) groups excluding carboxylic acids is 1. The summed E-state index contributed by atoms with van der Waals surface area (Å²) in [7, 11) is 0. The zero-order chi connectivity index (χ0) is 11.9. The van der Waals surface area contributed by atoms with E-state index in [2.05, 4.69) is 10.3 Å². The fourth-order valence-electron chi connectivity index (χ4n) is 1.61. The highest BCUT2D eigenvalue weighted by Crippen LogP contribution is 2.34. The summed E-state index contributed by atoms with van der Waals surface area (Å²) in [5.74, 6) is -1.05. The Morgan fingerprint density at radius 1 is 1.56 bits per heavy atom. The highest BCUT2D eigenvalue weighted by Gasteiger charge is 2.33. The van der Waals surface area contributed by atoms with Crippen LogP contribution in [0, 0.1) is 5.92 Å². The minimum atomic E-state index is -1.13. The van der Waals surface area contributed by atoms with Crippen molar-refractivity contribution in [2.75, 3.05) is 5.32 Å². The van der Waals surface area contributed by atoms with Crippen LogP contribution in [0.2, 0.25) is 0 Å². The molecule has 1 aliphatic heterocycles. The van der Waals surface area contributed by atoms with E-state index >= 15 is 0 Å². The van der Waals surface area contributed by atoms with Crippen LogP contribution in [-0.2, 0) is 4.79 Å². The molecule has 2 heterocycles. The molecule has 0 radical (unpaired) electrons. The molecular weight excluding hydrogens is 212 g/mol. The summed E-state index contributed by atoms with van der Waals surface area (Å²) in [5, 5.41) is 11.4. The van der Waals surface area contributed by atoms with Crippen LogP contribution >= 0.6 is 0 Å². The van der Waals surface area contributed by atoms with Crippen LogP contribution in [0.4, 0.5) is 5.69 Å². The predicted octanol–water partition coefficient (Wildman–Crippen LogP) is 1.07. The van der Waals surface area contributed by atoms with E-state index in [9.17, 15) is 9.59 Å². The first kappa shape index (κ1) is 10.5. The van der Waals surface area contributed by atoms with E-state index in [1.165, 1.54) is 6.20 Å². The quantitative estimate of drug-likeness (QED) is 0.700. The van der Waals surface area contributed by atoms with Gasteiger partial charge in [-0.3, -0.25) is 4.79 Å². The molecule has 0 fully saturated rings. The topological polar surface area (TPSA) is 91.4 Å². The summed E-state index contributed by atoms with van der Waals surface area (Å²) in [5.41, 5.74) is 0.139. The third kappa shape index (κ3) is 1.52. The fourth-order valence-corrected chi connectivity index (χ4v) is 1.61. The molecule has 86 valence electrons. The molecule has 1 amide bonds. The molecule has 6 nitrogen and oxygen atoms in total. The van der Waals surface area contributed by atoms with Crippen molar-refractivity contribution in [2.45, 2.75) is 20.0 Å². The smallest absolute Gasteiger partial charge is 0.354 e. The highest BCUT2D eigenvalue weighted by molar-refractivity contribution is 6.04. The molecule has 0 aliphatic carbocycles. The van der Waals surface area contributed by atoms with Crippen LogP contribution in [0.25, 0.3) is 0 Å². The van der Waals surface area contributed by atoms with Crippen LogP contribution < -0.4 is 10.1 Å². The molecule has 0 aromatic carbocycles. The Kier molecular flexibility index (Phi) is 2.34. The van der Waals surface area contributed by atoms with Gasteiger partial charge in [-0.05, 0) is 5.92 Å². The lowest BCUT2D eigenvalue weighted by molar-refractivity contribution is -0.125. The van der Waals surface area contributed by atoms with Crippen molar-refractivity contribution in [1.29, 1.82) is 0 Å². The van der Waals surface area contributed by atoms with Gasteiger partial charge in [0.2, 0.25) is 0 Å². The molecule has 1 aromatic heterocycles. The maximum absolute atomic E-state index is 11.6. The van der Waals surface area contributed by atoms with Crippen LogP contribution in [0.5, 0.6) is 5.75 Å². The van der Waals surface area contributed by atoms with Gasteiger partial charge in [0, 0.05) is 6.20 Å². The zero-order valence-corrected chi connectivity index (χ0v) is 8.90. The highest BCUT2D eigenvalue weighted by atomic mass is 16.5. The Hall–Kier alpha value is -1.98. The Morgan fingerprint density at radius 3 is 2.81 bits per heavy atom. The number of carboxylic acid groups (broad SMARTS) is 1. The zero-order valence-electron chi connectivity index (χ0n) is 8.90. The van der Waals surface area contributed by atoms with Gasteiger partial charge in [-0.2, -0.15) is 0 Å². The molecule has 3 N–H and O–H groups in total. The first-order valence-electron chi connectivity index (χ1n) is 4.93. The van der Waals surface area contributed by atoms with E-state index in [-0.39, 0.29) is 23.2 Å². The molecule has 0 saturated heterocycles. The standard InChI is InChI=1S/C10H12N2O4/c1-4(2)8-9(13)12-6-5(16-8)3-11-7(6)10(14)15/h3-4,8,11H,1-2H3,(H,12,13)(H,14,15). The van der Waals surface area contributed by atoms with E-state index in [1.54, 1.807) is 0 Å². The van der Waals surface area contributed by atoms with E-state index < -0.39 is 12.1 Å². The Labute approximate surface area is 91.6 Å². The lowest BCUT2D eigenvalue weighted by Gasteiger charge is -2.26. The number of carboxylic acids is 1. The van der Waals surface area contributed by atoms with Crippen molar-refractivity contribution >= 4 is 17.6 Å². The van der Waals surface area contributed by atoms with Gasteiger partial charge in [-0.25, -0.2) is 4.79 Å². The van der Waals surface area contributed by atoms with Crippen LogP contribution in [-0.4, -0.2) is 28.1 Å². The molecule has 1 unspecified atom stereocenters. The number of hydrogen-bond donors (Lipinski definition) is 3. The predicted molar refractivity (Wildman–Crippen MR) is 55.6 cm³/mol. The largest absolute Gasteiger partial charge is 0.477 e. The molecule has 1 aliphatic rings. The Balaban J connectivity index is 2.37. The van der Waals surface area contributed by atoms with Gasteiger partial charge in [0.1, 0.15) is 5.69 Å². The van der Waals surface area contributed by atoms with Gasteiger partial charge in [-0.15, -0.1) is 0 Å². The Morgan fingerprint density at radius 2 is 2.25 bits per heavy atom. The van der Waals surface area contributed by atoms with E-state index in [0.29, 0.717) is 5.75 Å². The van der Waals surface area contributed by atoms with Crippen molar-refractivity contribution in [3.8, 4) is 5.75 Å². The monoisotopic (exact) mass is 224 g/mol. The number of rotatable bonds is 2. The van der Waals surface area contributed by atoms with Crippen molar-refractivity contribution in [3.05, 3.63) is 11.9 Å². The number of carbonyl (C=O) groups is 2. The number of hydrogen-bond acceptors (Lipinski definition) is 3. The fraction of sp³-hybridized carbons (Fsp3) is 0.400. The summed E-state index contributed by atoms with van der Waals surface area (Å²) in [4.78, 5) is 25.0. The average Bonchev–Trinajstić information content (AvgIpc) is 2.58. The number of amides is 1. The summed E-state index contributed by atoms with van der Waals surface area (Å²) in [6.07, 6.45) is 0.859. The molecule has 1 aromatic rings. The minimum absolute atomic E-state index is 0.0244. The molecule has 0 bridgehead atoms. The van der Waals surface area contributed by atoms with Crippen molar-refractivity contribution in [3.63, 3.8) is 0 Å². The van der Waals surface area contributed by atoms with Crippen molar-refractivity contribution < 1.29 is 19.4 Å². The van der Waals surface area contributed by atoms with E-state index in [1.807, 2.05) is 13.8 Å². The number of nitrogens with one attached hydrogen (secondary N) is 2. The summed E-state index contributed by atoms with van der Waals surface area (Å²) in [6.45, 7) is 3.72. The van der Waals surface area contributed by atoms with E-state index in [0.717, 1.165) is 0 Å². The van der Waals surface area contributed by atoms with Crippen molar-refractivity contribution in [1.82, 2.24) is 4.98 Å². The molecule has 0 saturated carbocycles. The summed E-state index contributed by atoms with van der Waals surface area (Å²) >= 11 is 0. The number of H-pyrrole nitrogens is 1. The number of aromatic nitrogens is 1. The van der Waals surface area contributed by atoms with Crippen LogP contribution in [0.1, 0.15) is 24.3 Å². The van der Waals surface area contributed by atoms with Crippen molar-refractivity contribution in [2.24, 2.45) is 5.92 Å². The number of ether oxygens (including phenoxy) is 1. The first-order chi connectivity index (χ1) is 7.50. The molecule has 16 heavy (non-hydrogen) atoms. The normalized spacial score (nSPS) is 18.9. The molecule has 2 rings (SSSR count). The first-order valence-corrected chi connectivity index (χ1v) is 4.93. The lowest BCUT2D eigenvalue weighted by atomic mass is 10.1. The lowest BCUT2D eigenvalue weighted by Crippen LogP contribution is -2.40. The summed E-state index contributed by atoms with van der Waals surface area (Å²) in [6, 6.07) is 0. The van der Waals surface area contributed by atoms with Gasteiger partial charge in [0.05, 0.1) is 0 Å². The van der Waals surface area contributed by atoms with E-state index in [4.69, 9.17) is 9.84 Å². The number of anilines is 1. The second-order valence-electron chi connectivity index (χ2n) is 3.98. The SMILES string of the molecule is CC(C)C1Oc2c[nH]c(C(=O)O)c2NC1=O. The molecule has 6 heteroatoms. The van der Waals surface area contributed by atoms with Crippen LogP contribution in [0.15, 0.2) is 6.20 Å². The summed E-state index contributed by atoms with van der Waals surface area (Å²) < 4.78 is 5.43. The Bertz CT molecular complexity index is 450. The molecular formula is C10H12N2O4. The molecule has 1 atom stereocenters. The third-order valence-electron chi connectivity index (χ3n) is 2.42. The third-order valence-corrected chi connectivity index (χ3v) is 2.42. The second-order valence-corrected chi connectivity index (χ2v) is 3.98. The minimum Gasteiger partial charge on any atom is -0.477 e. The van der Waals surface area contributed by atoms with Gasteiger partial charge in [0.25, 0.3) is 5.91 Å². The van der Waals surface area contributed by atoms with Gasteiger partial charge < -0.3 is 20.1 Å². The number of aromatic carboxylic acids is 1. The maximum atomic E-state index is 11.6. The number of fused-ring (bicyclic) bond motifs is 1.